The number of benzene rings is 2. The topological polar surface area (TPSA) is 79.7 Å². The molecule has 2 aromatic carbocycles. The number of ketones is 1. The van der Waals surface area contributed by atoms with Crippen LogP contribution in [0.3, 0.4) is 0 Å². The molecule has 168 valence electrons. The summed E-state index contributed by atoms with van der Waals surface area (Å²) in [6, 6.07) is 16.5. The lowest BCUT2D eigenvalue weighted by molar-refractivity contribution is -0.140. The van der Waals surface area contributed by atoms with E-state index in [-0.39, 0.29) is 24.0 Å². The highest BCUT2D eigenvalue weighted by Gasteiger charge is 2.46. The second-order valence-electron chi connectivity index (χ2n) is 8.03. The van der Waals surface area contributed by atoms with Gasteiger partial charge in [0.25, 0.3) is 11.7 Å². The normalized spacial score (nSPS) is 17.6. The third-order valence-electron chi connectivity index (χ3n) is 5.30. The van der Waals surface area contributed by atoms with Gasteiger partial charge in [0.2, 0.25) is 0 Å². The molecular formula is C26H23ClN2O4. The Morgan fingerprint density at radius 2 is 1.79 bits per heavy atom. The Balaban J connectivity index is 1.81. The molecule has 1 fully saturated rings. The molecule has 0 spiro atoms. The molecule has 0 radical (unpaired) electrons. The molecule has 1 amide bonds. The highest BCUT2D eigenvalue weighted by Crippen LogP contribution is 2.40. The van der Waals surface area contributed by atoms with Crippen molar-refractivity contribution >= 4 is 29.1 Å². The average Bonchev–Trinajstić information content (AvgIpc) is 3.05. The molecule has 1 N–H and O–H groups in total. The number of amides is 1. The smallest absolute Gasteiger partial charge is 0.295 e. The molecule has 7 heteroatoms. The number of Topliss-reactive ketones (excluding diaryl/α,β-unsaturated/α-hetero) is 1. The minimum absolute atomic E-state index is 0.0111. The molecule has 1 aliphatic rings. The Labute approximate surface area is 197 Å². The number of carbonyl (C=O) groups excluding carboxylic acids is 2. The van der Waals surface area contributed by atoms with Crippen LogP contribution in [0.2, 0.25) is 5.02 Å². The van der Waals surface area contributed by atoms with Crippen LogP contribution in [-0.4, -0.2) is 32.8 Å². The van der Waals surface area contributed by atoms with Crippen LogP contribution in [0.4, 0.5) is 0 Å². The van der Waals surface area contributed by atoms with Crippen LogP contribution >= 0.6 is 11.6 Å². The van der Waals surface area contributed by atoms with E-state index in [0.717, 1.165) is 5.56 Å². The Hall–Kier alpha value is -3.64. The van der Waals surface area contributed by atoms with Crippen LogP contribution in [0, 0.1) is 0 Å². The fraction of sp³-hybridized carbons (Fsp3) is 0.192. The summed E-state index contributed by atoms with van der Waals surface area (Å²) in [4.78, 5) is 31.7. The van der Waals surface area contributed by atoms with E-state index in [2.05, 4.69) is 4.98 Å². The first-order valence-corrected chi connectivity index (χ1v) is 10.9. The van der Waals surface area contributed by atoms with Gasteiger partial charge in [0, 0.05) is 29.5 Å². The van der Waals surface area contributed by atoms with Gasteiger partial charge in [-0.25, -0.2) is 0 Å². The number of rotatable bonds is 6. The largest absolute Gasteiger partial charge is 0.507 e. The lowest BCUT2D eigenvalue weighted by Crippen LogP contribution is -2.29. The number of hydrogen-bond donors (Lipinski definition) is 1. The molecule has 1 aromatic heterocycles. The number of carbonyl (C=O) groups is 2. The number of nitrogens with zero attached hydrogens (tertiary/aromatic N) is 2. The van der Waals surface area contributed by atoms with Gasteiger partial charge >= 0.3 is 0 Å². The number of likely N-dealkylation sites (tertiary alicyclic amines) is 1. The highest BCUT2D eigenvalue weighted by atomic mass is 35.5. The van der Waals surface area contributed by atoms with Gasteiger partial charge in [0.05, 0.1) is 17.7 Å². The second kappa shape index (κ2) is 9.46. The molecule has 6 nitrogen and oxygen atoms in total. The maximum Gasteiger partial charge on any atom is 0.295 e. The highest BCUT2D eigenvalue weighted by molar-refractivity contribution is 6.46. The summed E-state index contributed by atoms with van der Waals surface area (Å²) in [6.07, 6.45) is 3.30. The van der Waals surface area contributed by atoms with E-state index in [4.69, 9.17) is 16.3 Å². The number of aliphatic hydroxyl groups excluding tert-OH is 1. The van der Waals surface area contributed by atoms with E-state index < -0.39 is 17.7 Å². The van der Waals surface area contributed by atoms with Crippen LogP contribution in [0.1, 0.15) is 36.6 Å². The van der Waals surface area contributed by atoms with Crippen molar-refractivity contribution in [2.45, 2.75) is 32.5 Å². The van der Waals surface area contributed by atoms with Crippen molar-refractivity contribution in [1.82, 2.24) is 9.88 Å². The Kier molecular flexibility index (Phi) is 6.47. The lowest BCUT2D eigenvalue weighted by Gasteiger charge is -2.25. The average molecular weight is 463 g/mol. The molecular weight excluding hydrogens is 440 g/mol. The standard InChI is InChI=1S/C26H23ClN2O4/c1-16(2)33-21-11-7-18(8-12-21)23-22(24(30)19-5-9-20(27)10-6-19)25(31)26(32)29(23)15-17-4-3-13-28-14-17/h3-14,16,23,30H,15H2,1-2H3/b24-22+/t23-/m0/s1. The minimum Gasteiger partial charge on any atom is -0.507 e. The maximum absolute atomic E-state index is 13.1. The van der Waals surface area contributed by atoms with E-state index in [1.165, 1.54) is 4.90 Å². The zero-order chi connectivity index (χ0) is 23.5. The first-order valence-electron chi connectivity index (χ1n) is 10.5. The third-order valence-corrected chi connectivity index (χ3v) is 5.55. The zero-order valence-electron chi connectivity index (χ0n) is 18.2. The number of aliphatic hydroxyl groups is 1. The summed E-state index contributed by atoms with van der Waals surface area (Å²) in [5, 5.41) is 11.6. The summed E-state index contributed by atoms with van der Waals surface area (Å²) >= 11 is 5.97. The van der Waals surface area contributed by atoms with Gasteiger partial charge < -0.3 is 14.7 Å². The van der Waals surface area contributed by atoms with Gasteiger partial charge in [-0.1, -0.05) is 29.8 Å². The summed E-state index contributed by atoms with van der Waals surface area (Å²) in [6.45, 7) is 4.04. The van der Waals surface area contributed by atoms with Crippen molar-refractivity contribution < 1.29 is 19.4 Å². The van der Waals surface area contributed by atoms with Gasteiger partial charge in [-0.3, -0.25) is 14.6 Å². The van der Waals surface area contributed by atoms with Crippen molar-refractivity contribution in [3.8, 4) is 5.75 Å². The molecule has 0 unspecified atom stereocenters. The Morgan fingerprint density at radius 1 is 1.09 bits per heavy atom. The zero-order valence-corrected chi connectivity index (χ0v) is 19.0. The Bertz CT molecular complexity index is 1190. The molecule has 4 rings (SSSR count). The van der Waals surface area contributed by atoms with Crippen molar-refractivity contribution in [2.24, 2.45) is 0 Å². The van der Waals surface area contributed by atoms with Gasteiger partial charge in [-0.2, -0.15) is 0 Å². The van der Waals surface area contributed by atoms with E-state index in [9.17, 15) is 14.7 Å². The van der Waals surface area contributed by atoms with Crippen molar-refractivity contribution in [3.05, 3.63) is 100 Å². The second-order valence-corrected chi connectivity index (χ2v) is 8.47. The first-order chi connectivity index (χ1) is 15.8. The quantitative estimate of drug-likeness (QED) is 0.311. The van der Waals surface area contributed by atoms with E-state index in [0.29, 0.717) is 21.9 Å². The van der Waals surface area contributed by atoms with Gasteiger partial charge in [0.1, 0.15) is 11.5 Å². The van der Waals surface area contributed by atoms with Crippen LogP contribution in [-0.2, 0) is 16.1 Å². The number of halogens is 1. The first kappa shape index (κ1) is 22.6. The number of ether oxygens (including phenoxy) is 1. The van der Waals surface area contributed by atoms with Crippen molar-refractivity contribution in [3.63, 3.8) is 0 Å². The maximum atomic E-state index is 13.1. The molecule has 33 heavy (non-hydrogen) atoms. The molecule has 2 heterocycles. The molecule has 1 atom stereocenters. The van der Waals surface area contributed by atoms with Crippen molar-refractivity contribution in [2.75, 3.05) is 0 Å². The van der Waals surface area contributed by atoms with Gasteiger partial charge in [-0.05, 0) is 67.4 Å². The van der Waals surface area contributed by atoms with Crippen LogP contribution in [0.5, 0.6) is 5.75 Å². The van der Waals surface area contributed by atoms with Crippen molar-refractivity contribution in [1.29, 1.82) is 0 Å². The summed E-state index contributed by atoms with van der Waals surface area (Å²) < 4.78 is 5.72. The number of aromatic nitrogens is 1. The molecule has 3 aromatic rings. The van der Waals surface area contributed by atoms with Crippen LogP contribution in [0.25, 0.3) is 5.76 Å². The number of pyridine rings is 1. The minimum atomic E-state index is -0.769. The lowest BCUT2D eigenvalue weighted by atomic mass is 9.95. The summed E-state index contributed by atoms with van der Waals surface area (Å²) in [5.41, 5.74) is 1.90. The molecule has 0 saturated carbocycles. The van der Waals surface area contributed by atoms with E-state index >= 15 is 0 Å². The predicted octanol–water partition coefficient (Wildman–Crippen LogP) is 5.14. The molecule has 1 saturated heterocycles. The fourth-order valence-corrected chi connectivity index (χ4v) is 3.97. The van der Waals surface area contributed by atoms with E-state index in [1.807, 2.05) is 19.9 Å². The number of hydrogen-bond acceptors (Lipinski definition) is 5. The Morgan fingerprint density at radius 3 is 2.39 bits per heavy atom. The fourth-order valence-electron chi connectivity index (χ4n) is 3.84. The van der Waals surface area contributed by atoms with Gasteiger partial charge in [0.15, 0.2) is 0 Å². The van der Waals surface area contributed by atoms with Gasteiger partial charge in [-0.15, -0.1) is 0 Å². The van der Waals surface area contributed by atoms with Crippen LogP contribution < -0.4 is 4.74 Å². The van der Waals surface area contributed by atoms with E-state index in [1.54, 1.807) is 67.0 Å². The third kappa shape index (κ3) is 4.76. The molecule has 0 bridgehead atoms. The van der Waals surface area contributed by atoms with Crippen LogP contribution in [0.15, 0.2) is 78.6 Å². The SMILES string of the molecule is CC(C)Oc1ccc([C@H]2/C(=C(\O)c3ccc(Cl)cc3)C(=O)C(=O)N2Cc2cccnc2)cc1. The summed E-state index contributed by atoms with van der Waals surface area (Å²) in [7, 11) is 0. The monoisotopic (exact) mass is 462 g/mol. The summed E-state index contributed by atoms with van der Waals surface area (Å²) in [5.74, 6) is -0.984. The predicted molar refractivity (Wildman–Crippen MR) is 126 cm³/mol. The molecule has 0 aliphatic carbocycles. The molecule has 1 aliphatic heterocycles.